The van der Waals surface area contributed by atoms with Crippen LogP contribution >= 0.6 is 0 Å². The first kappa shape index (κ1) is 12.5. The van der Waals surface area contributed by atoms with Crippen molar-refractivity contribution >= 4 is 5.91 Å². The van der Waals surface area contributed by atoms with E-state index in [1.54, 1.807) is 6.26 Å². The van der Waals surface area contributed by atoms with Gasteiger partial charge in [-0.25, -0.2) is 0 Å². The van der Waals surface area contributed by atoms with Gasteiger partial charge in [-0.05, 0) is 68.4 Å². The predicted octanol–water partition coefficient (Wildman–Crippen LogP) is 3.30. The normalized spacial score (nSPS) is 38.1. The fraction of sp³-hybridized carbons (Fsp3) is 0.706. The van der Waals surface area contributed by atoms with Gasteiger partial charge in [0, 0.05) is 18.4 Å². The van der Waals surface area contributed by atoms with E-state index in [0.29, 0.717) is 12.8 Å². The Morgan fingerprint density at radius 1 is 1.20 bits per heavy atom. The zero-order chi connectivity index (χ0) is 13.6. The van der Waals surface area contributed by atoms with E-state index in [2.05, 4.69) is 5.32 Å². The highest BCUT2D eigenvalue weighted by Gasteiger charge is 2.51. The summed E-state index contributed by atoms with van der Waals surface area (Å²) in [7, 11) is 0. The zero-order valence-corrected chi connectivity index (χ0v) is 11.9. The molecule has 20 heavy (non-hydrogen) atoms. The highest BCUT2D eigenvalue weighted by Crippen LogP contribution is 2.55. The maximum absolute atomic E-state index is 12.3. The van der Waals surface area contributed by atoms with Gasteiger partial charge in [0.1, 0.15) is 5.76 Å². The molecule has 1 N–H and O–H groups in total. The number of furan rings is 1. The standard InChI is InChI=1S/C17H23NO2/c19-16(4-3-15-2-1-5-20-15)18-17-9-12-6-13(10-17)8-14(7-12)11-17/h1-2,5,12-14H,3-4,6-11H2,(H,18,19). The summed E-state index contributed by atoms with van der Waals surface area (Å²) in [6.45, 7) is 0. The van der Waals surface area contributed by atoms with Crippen molar-refractivity contribution in [1.82, 2.24) is 5.32 Å². The van der Waals surface area contributed by atoms with Crippen molar-refractivity contribution < 1.29 is 9.21 Å². The number of aryl methyl sites for hydroxylation is 1. The Hall–Kier alpha value is -1.25. The van der Waals surface area contributed by atoms with E-state index in [-0.39, 0.29) is 11.4 Å². The van der Waals surface area contributed by atoms with Gasteiger partial charge in [0.15, 0.2) is 0 Å². The monoisotopic (exact) mass is 273 g/mol. The van der Waals surface area contributed by atoms with E-state index in [0.717, 1.165) is 23.5 Å². The second-order valence-electron chi connectivity index (χ2n) is 7.33. The Morgan fingerprint density at radius 2 is 1.85 bits per heavy atom. The van der Waals surface area contributed by atoms with Crippen LogP contribution in [0.5, 0.6) is 0 Å². The summed E-state index contributed by atoms with van der Waals surface area (Å²) < 4.78 is 5.30. The van der Waals surface area contributed by atoms with E-state index in [1.807, 2.05) is 12.1 Å². The number of hydrogen-bond acceptors (Lipinski definition) is 2. The molecule has 0 saturated heterocycles. The number of hydrogen-bond donors (Lipinski definition) is 1. The molecule has 1 aromatic rings. The van der Waals surface area contributed by atoms with Gasteiger partial charge < -0.3 is 9.73 Å². The second-order valence-corrected chi connectivity index (χ2v) is 7.33. The van der Waals surface area contributed by atoms with Crippen LogP contribution in [0.1, 0.15) is 50.7 Å². The average Bonchev–Trinajstić information content (AvgIpc) is 2.87. The average molecular weight is 273 g/mol. The van der Waals surface area contributed by atoms with Crippen molar-refractivity contribution in [2.24, 2.45) is 17.8 Å². The van der Waals surface area contributed by atoms with Crippen molar-refractivity contribution in [3.05, 3.63) is 24.2 Å². The van der Waals surface area contributed by atoms with E-state index < -0.39 is 0 Å². The molecular weight excluding hydrogens is 250 g/mol. The lowest BCUT2D eigenvalue weighted by Gasteiger charge is -2.56. The van der Waals surface area contributed by atoms with E-state index in [9.17, 15) is 4.79 Å². The van der Waals surface area contributed by atoms with E-state index in [4.69, 9.17) is 4.42 Å². The Kier molecular flexibility index (Phi) is 2.90. The first-order chi connectivity index (χ1) is 9.71. The van der Waals surface area contributed by atoms with E-state index >= 15 is 0 Å². The summed E-state index contributed by atoms with van der Waals surface area (Å²) >= 11 is 0. The van der Waals surface area contributed by atoms with Gasteiger partial charge in [-0.3, -0.25) is 4.79 Å². The molecule has 108 valence electrons. The van der Waals surface area contributed by atoms with Gasteiger partial charge in [-0.1, -0.05) is 0 Å². The molecule has 4 aliphatic carbocycles. The predicted molar refractivity (Wildman–Crippen MR) is 76.1 cm³/mol. The molecule has 0 unspecified atom stereocenters. The Bertz CT molecular complexity index is 456. The van der Waals surface area contributed by atoms with Gasteiger partial charge in [-0.2, -0.15) is 0 Å². The molecule has 1 amide bonds. The van der Waals surface area contributed by atoms with Crippen molar-refractivity contribution in [2.45, 2.75) is 56.9 Å². The molecule has 3 nitrogen and oxygen atoms in total. The number of nitrogens with one attached hydrogen (secondary N) is 1. The van der Waals surface area contributed by atoms with Gasteiger partial charge in [0.25, 0.3) is 0 Å². The van der Waals surface area contributed by atoms with Crippen LogP contribution in [-0.2, 0) is 11.2 Å². The summed E-state index contributed by atoms with van der Waals surface area (Å²) in [5.74, 6) is 3.76. The molecule has 0 aliphatic heterocycles. The first-order valence-corrected chi connectivity index (χ1v) is 8.04. The molecule has 3 heteroatoms. The Labute approximate surface area is 120 Å². The van der Waals surface area contributed by atoms with Crippen LogP contribution in [0.3, 0.4) is 0 Å². The SMILES string of the molecule is O=C(CCc1ccco1)NC12CC3CC(CC(C3)C1)C2. The van der Waals surface area contributed by atoms with Crippen LogP contribution in [0, 0.1) is 17.8 Å². The molecule has 1 heterocycles. The third-order valence-electron chi connectivity index (χ3n) is 5.62. The zero-order valence-electron chi connectivity index (χ0n) is 11.9. The molecule has 0 atom stereocenters. The maximum atomic E-state index is 12.3. The molecule has 0 spiro atoms. The first-order valence-electron chi connectivity index (χ1n) is 8.04. The highest BCUT2D eigenvalue weighted by atomic mass is 16.3. The van der Waals surface area contributed by atoms with Crippen LogP contribution in [-0.4, -0.2) is 11.4 Å². The number of rotatable bonds is 4. The molecule has 4 bridgehead atoms. The molecule has 0 aromatic carbocycles. The summed E-state index contributed by atoms with van der Waals surface area (Å²) in [4.78, 5) is 12.3. The lowest BCUT2D eigenvalue weighted by atomic mass is 9.53. The van der Waals surface area contributed by atoms with Crippen LogP contribution in [0.15, 0.2) is 22.8 Å². The molecule has 0 radical (unpaired) electrons. The Morgan fingerprint density at radius 3 is 2.40 bits per heavy atom. The smallest absolute Gasteiger partial charge is 0.220 e. The van der Waals surface area contributed by atoms with E-state index in [1.165, 1.54) is 38.5 Å². The maximum Gasteiger partial charge on any atom is 0.220 e. The lowest BCUT2D eigenvalue weighted by Crippen LogP contribution is -2.59. The molecule has 4 fully saturated rings. The van der Waals surface area contributed by atoms with Gasteiger partial charge in [0.2, 0.25) is 5.91 Å². The quantitative estimate of drug-likeness (QED) is 0.914. The summed E-state index contributed by atoms with van der Waals surface area (Å²) in [5, 5.41) is 3.41. The minimum atomic E-state index is 0.148. The summed E-state index contributed by atoms with van der Waals surface area (Å²) in [6.07, 6.45) is 10.9. The fourth-order valence-electron chi connectivity index (χ4n) is 5.31. The number of amides is 1. The van der Waals surface area contributed by atoms with Gasteiger partial charge in [-0.15, -0.1) is 0 Å². The fourth-order valence-corrected chi connectivity index (χ4v) is 5.31. The second kappa shape index (κ2) is 4.64. The minimum Gasteiger partial charge on any atom is -0.469 e. The largest absolute Gasteiger partial charge is 0.469 e. The number of carbonyl (C=O) groups excluding carboxylic acids is 1. The third-order valence-corrected chi connectivity index (χ3v) is 5.62. The molecule has 4 aliphatic rings. The third kappa shape index (κ3) is 2.27. The van der Waals surface area contributed by atoms with Crippen molar-refractivity contribution in [2.75, 3.05) is 0 Å². The molecule has 5 rings (SSSR count). The van der Waals surface area contributed by atoms with Crippen molar-refractivity contribution in [3.63, 3.8) is 0 Å². The van der Waals surface area contributed by atoms with Crippen molar-refractivity contribution in [3.8, 4) is 0 Å². The minimum absolute atomic E-state index is 0.148. The summed E-state index contributed by atoms with van der Waals surface area (Å²) in [5.41, 5.74) is 0.148. The van der Waals surface area contributed by atoms with Crippen LogP contribution in [0.25, 0.3) is 0 Å². The summed E-state index contributed by atoms with van der Waals surface area (Å²) in [6, 6.07) is 3.82. The molecule has 1 aromatic heterocycles. The molecular formula is C17H23NO2. The molecule has 4 saturated carbocycles. The highest BCUT2D eigenvalue weighted by molar-refractivity contribution is 5.77. The Balaban J connectivity index is 1.37. The topological polar surface area (TPSA) is 42.2 Å². The van der Waals surface area contributed by atoms with Crippen LogP contribution in [0.2, 0.25) is 0 Å². The lowest BCUT2D eigenvalue weighted by molar-refractivity contribution is -0.126. The van der Waals surface area contributed by atoms with Crippen LogP contribution in [0.4, 0.5) is 0 Å². The van der Waals surface area contributed by atoms with Crippen LogP contribution < -0.4 is 5.32 Å². The number of carbonyl (C=O) groups is 1. The van der Waals surface area contributed by atoms with Crippen molar-refractivity contribution in [1.29, 1.82) is 0 Å². The van der Waals surface area contributed by atoms with Gasteiger partial charge in [0.05, 0.1) is 6.26 Å². The van der Waals surface area contributed by atoms with Gasteiger partial charge >= 0.3 is 0 Å².